The van der Waals surface area contributed by atoms with Crippen molar-refractivity contribution in [3.8, 4) is 45.8 Å². The summed E-state index contributed by atoms with van der Waals surface area (Å²) in [5.41, 5.74) is 11.5. The third-order valence-corrected chi connectivity index (χ3v) is 9.62. The second-order valence-electron chi connectivity index (χ2n) is 12.3. The van der Waals surface area contributed by atoms with Crippen LogP contribution < -0.4 is 0 Å². The normalized spacial score (nSPS) is 11.1. The molecule has 0 fully saturated rings. The maximum Gasteiger partial charge on any atom is 0.189 e. The zero-order valence-corrected chi connectivity index (χ0v) is 26.7. The van der Waals surface area contributed by atoms with E-state index in [1.54, 1.807) is 0 Å². The van der Waals surface area contributed by atoms with E-state index < -0.39 is 0 Å². The molecule has 7 aromatic carbocycles. The van der Waals surface area contributed by atoms with Gasteiger partial charge in [-0.25, -0.2) is 4.85 Å². The van der Waals surface area contributed by atoms with E-state index in [-0.39, 0.29) is 0 Å². The third-order valence-electron chi connectivity index (χ3n) is 9.62. The zero-order valence-electron chi connectivity index (χ0n) is 26.7. The minimum Gasteiger partial charge on any atom is -0.310 e. The van der Waals surface area contributed by atoms with Crippen LogP contribution in [0.25, 0.3) is 82.1 Å². The molecule has 0 saturated carbocycles. The summed E-state index contributed by atoms with van der Waals surface area (Å²) in [5.74, 6) is 0. The molecule has 2 aromatic heterocycles. The lowest BCUT2D eigenvalue weighted by Crippen LogP contribution is -2.00. The van der Waals surface area contributed by atoms with Crippen LogP contribution in [0.3, 0.4) is 0 Å². The molecule has 5 heteroatoms. The molecule has 0 bridgehead atoms. The van der Waals surface area contributed by atoms with Gasteiger partial charge < -0.3 is 9.13 Å². The van der Waals surface area contributed by atoms with E-state index in [1.807, 2.05) is 78.9 Å². The molecule has 0 aliphatic carbocycles. The Morgan fingerprint density at radius 1 is 0.460 bits per heavy atom. The Morgan fingerprint density at radius 3 is 1.80 bits per heavy atom. The van der Waals surface area contributed by atoms with Crippen LogP contribution in [0.1, 0.15) is 11.1 Å². The average molecular weight is 636 g/mol. The number of benzene rings is 7. The van der Waals surface area contributed by atoms with Crippen molar-refractivity contribution in [3.05, 3.63) is 174 Å². The number of nitrogens with zero attached hydrogens (tertiary/aromatic N) is 5. The maximum absolute atomic E-state index is 10.3. The number of para-hydroxylation sites is 3. The van der Waals surface area contributed by atoms with Gasteiger partial charge in [0.1, 0.15) is 6.07 Å². The van der Waals surface area contributed by atoms with Gasteiger partial charge in [-0.15, -0.1) is 0 Å². The lowest BCUT2D eigenvalue weighted by molar-refractivity contribution is 1.17. The van der Waals surface area contributed by atoms with Crippen molar-refractivity contribution in [2.45, 2.75) is 0 Å². The van der Waals surface area contributed by atoms with E-state index in [0.29, 0.717) is 16.8 Å². The van der Waals surface area contributed by atoms with E-state index in [0.717, 1.165) is 77.2 Å². The first-order valence-electron chi connectivity index (χ1n) is 16.3. The number of hydrogen-bond donors (Lipinski definition) is 0. The Balaban J connectivity index is 1.29. The number of nitriles is 2. The van der Waals surface area contributed by atoms with Crippen LogP contribution in [0.15, 0.2) is 152 Å². The molecular formula is C45H25N5. The van der Waals surface area contributed by atoms with Crippen LogP contribution in [0.5, 0.6) is 0 Å². The molecule has 0 aliphatic heterocycles. The average Bonchev–Trinajstić information content (AvgIpc) is 3.69. The second kappa shape index (κ2) is 11.4. The topological polar surface area (TPSA) is 61.8 Å². The minimum absolute atomic E-state index is 0.551. The van der Waals surface area contributed by atoms with Crippen molar-refractivity contribution in [1.82, 2.24) is 9.13 Å². The number of aromatic nitrogens is 2. The van der Waals surface area contributed by atoms with Gasteiger partial charge in [0, 0.05) is 32.6 Å². The fraction of sp³-hybridized carbons (Fsp3) is 0. The van der Waals surface area contributed by atoms with Crippen molar-refractivity contribution >= 4 is 49.3 Å². The van der Waals surface area contributed by atoms with Gasteiger partial charge in [0.25, 0.3) is 0 Å². The highest BCUT2D eigenvalue weighted by atomic mass is 15.0. The van der Waals surface area contributed by atoms with Crippen LogP contribution in [-0.4, -0.2) is 9.13 Å². The molecule has 0 spiro atoms. The van der Waals surface area contributed by atoms with Gasteiger partial charge in [-0.3, -0.25) is 0 Å². The van der Waals surface area contributed by atoms with Crippen LogP contribution in [0.4, 0.5) is 5.69 Å². The summed E-state index contributed by atoms with van der Waals surface area (Å²) in [4.78, 5) is 3.73. The molecule has 0 saturated heterocycles. The maximum atomic E-state index is 10.3. The van der Waals surface area contributed by atoms with E-state index in [2.05, 4.69) is 98.9 Å². The fourth-order valence-electron chi connectivity index (χ4n) is 7.43. The van der Waals surface area contributed by atoms with Gasteiger partial charge in [-0.1, -0.05) is 97.1 Å². The van der Waals surface area contributed by atoms with Gasteiger partial charge >= 0.3 is 0 Å². The first kappa shape index (κ1) is 28.8. The summed E-state index contributed by atoms with van der Waals surface area (Å²) in [6.07, 6.45) is 0. The Morgan fingerprint density at radius 2 is 1.08 bits per heavy atom. The highest BCUT2D eigenvalue weighted by molar-refractivity contribution is 6.12. The summed E-state index contributed by atoms with van der Waals surface area (Å²) in [7, 11) is 0. The molecule has 0 N–H and O–H groups in total. The van der Waals surface area contributed by atoms with Crippen molar-refractivity contribution in [2.75, 3.05) is 0 Å². The molecule has 0 unspecified atom stereocenters. The van der Waals surface area contributed by atoms with E-state index in [9.17, 15) is 10.5 Å². The van der Waals surface area contributed by atoms with Gasteiger partial charge in [0.05, 0.1) is 51.7 Å². The number of fused-ring (bicyclic) bond motifs is 6. The molecule has 0 aliphatic rings. The monoisotopic (exact) mass is 635 g/mol. The molecule has 0 amide bonds. The first-order valence-corrected chi connectivity index (χ1v) is 16.3. The standard InChI is InChI=1S/C45H25N5/c1-48-32-21-22-38-39-24-29(27-46)18-23-43(39)50(45(38)26-32)40-15-7-4-12-35(40)34-11-3-2-10-33(34)30-19-20-31(28-47)44(25-30)49-41-16-8-5-13-36(41)37-14-6-9-17-42(37)49/h2-26H. The van der Waals surface area contributed by atoms with Gasteiger partial charge in [0.15, 0.2) is 5.69 Å². The van der Waals surface area contributed by atoms with Crippen LogP contribution >= 0.6 is 0 Å². The molecule has 9 aromatic rings. The SMILES string of the molecule is [C-]#[N+]c1ccc2c3cc(C#N)ccc3n(-c3ccccc3-c3ccccc3-c3ccc(C#N)c(-n4c5ccccc5c5ccccc54)c3)c2c1. The van der Waals surface area contributed by atoms with E-state index in [4.69, 9.17) is 6.57 Å². The van der Waals surface area contributed by atoms with E-state index >= 15 is 0 Å². The van der Waals surface area contributed by atoms with Crippen LogP contribution in [0, 0.1) is 29.2 Å². The van der Waals surface area contributed by atoms with E-state index in [1.165, 1.54) is 0 Å². The predicted molar refractivity (Wildman–Crippen MR) is 202 cm³/mol. The van der Waals surface area contributed by atoms with Gasteiger partial charge in [-0.05, 0) is 71.3 Å². The van der Waals surface area contributed by atoms with Crippen molar-refractivity contribution < 1.29 is 0 Å². The van der Waals surface area contributed by atoms with Crippen LogP contribution in [0.2, 0.25) is 0 Å². The van der Waals surface area contributed by atoms with Gasteiger partial charge in [0.2, 0.25) is 0 Å². The molecule has 0 atom stereocenters. The fourth-order valence-corrected chi connectivity index (χ4v) is 7.43. The highest BCUT2D eigenvalue weighted by Crippen LogP contribution is 2.42. The molecule has 5 nitrogen and oxygen atoms in total. The van der Waals surface area contributed by atoms with Crippen molar-refractivity contribution in [3.63, 3.8) is 0 Å². The molecule has 2 heterocycles. The van der Waals surface area contributed by atoms with Gasteiger partial charge in [-0.2, -0.15) is 10.5 Å². The Bertz CT molecular complexity index is 2920. The zero-order chi connectivity index (χ0) is 33.8. The first-order chi connectivity index (χ1) is 24.7. The van der Waals surface area contributed by atoms with Crippen molar-refractivity contribution in [1.29, 1.82) is 10.5 Å². The lowest BCUT2D eigenvalue weighted by atomic mass is 9.92. The van der Waals surface area contributed by atoms with Crippen LogP contribution in [-0.2, 0) is 0 Å². The quantitative estimate of drug-likeness (QED) is 0.181. The lowest BCUT2D eigenvalue weighted by Gasteiger charge is -2.18. The Kier molecular flexibility index (Phi) is 6.56. The Hall–Kier alpha value is -7.39. The second-order valence-corrected chi connectivity index (χ2v) is 12.3. The minimum atomic E-state index is 0.551. The Labute approximate surface area is 288 Å². The predicted octanol–water partition coefficient (Wildman–Crippen LogP) is 11.5. The van der Waals surface area contributed by atoms with Crippen molar-refractivity contribution in [2.24, 2.45) is 0 Å². The smallest absolute Gasteiger partial charge is 0.189 e. The summed E-state index contributed by atoms with van der Waals surface area (Å²) in [6, 6.07) is 55.7. The molecular weight excluding hydrogens is 611 g/mol. The number of rotatable bonds is 4. The summed E-state index contributed by atoms with van der Waals surface area (Å²) < 4.78 is 4.40. The summed E-state index contributed by atoms with van der Waals surface area (Å²) in [6.45, 7) is 7.73. The molecule has 9 rings (SSSR count). The number of hydrogen-bond acceptors (Lipinski definition) is 2. The summed E-state index contributed by atoms with van der Waals surface area (Å²) in [5, 5.41) is 24.3. The largest absolute Gasteiger partial charge is 0.310 e. The molecule has 50 heavy (non-hydrogen) atoms. The molecule has 0 radical (unpaired) electrons. The molecule has 230 valence electrons. The third kappa shape index (κ3) is 4.31. The highest BCUT2D eigenvalue weighted by Gasteiger charge is 2.20. The summed E-state index contributed by atoms with van der Waals surface area (Å²) >= 11 is 0.